The van der Waals surface area contributed by atoms with E-state index in [0.717, 1.165) is 50.4 Å². The minimum Gasteiger partial charge on any atom is -0.480 e. The van der Waals surface area contributed by atoms with Gasteiger partial charge in [-0.05, 0) is 45.8 Å². The maximum absolute atomic E-state index is 11.4. The van der Waals surface area contributed by atoms with Crippen molar-refractivity contribution in [2.75, 3.05) is 20.1 Å². The highest BCUT2D eigenvalue weighted by atomic mass is 16.4. The Hall–Kier alpha value is -1.43. The van der Waals surface area contributed by atoms with Crippen LogP contribution in [0.1, 0.15) is 49.3 Å². The van der Waals surface area contributed by atoms with Crippen molar-refractivity contribution in [3.8, 4) is 0 Å². The van der Waals surface area contributed by atoms with Crippen molar-refractivity contribution in [1.82, 2.24) is 19.7 Å². The Kier molecular flexibility index (Phi) is 3.26. The number of hydrogen-bond acceptors (Lipinski definition) is 4. The van der Waals surface area contributed by atoms with E-state index in [1.54, 1.807) is 0 Å². The number of aliphatic carboxylic acids is 1. The lowest BCUT2D eigenvalue weighted by molar-refractivity contribution is -0.141. The molecule has 0 saturated carbocycles. The molecule has 1 aromatic rings. The molecule has 6 nitrogen and oxygen atoms in total. The first-order chi connectivity index (χ1) is 9.16. The molecule has 1 fully saturated rings. The zero-order valence-electron chi connectivity index (χ0n) is 11.2. The zero-order valence-corrected chi connectivity index (χ0v) is 11.2. The zero-order chi connectivity index (χ0) is 13.4. The van der Waals surface area contributed by atoms with E-state index in [0.29, 0.717) is 12.3 Å². The van der Waals surface area contributed by atoms with Gasteiger partial charge in [-0.15, -0.1) is 10.2 Å². The lowest BCUT2D eigenvalue weighted by atomic mass is 9.95. The highest BCUT2D eigenvalue weighted by Gasteiger charge is 2.33. The molecule has 0 bridgehead atoms. The third-order valence-corrected chi connectivity index (χ3v) is 4.35. The Morgan fingerprint density at radius 3 is 2.68 bits per heavy atom. The summed E-state index contributed by atoms with van der Waals surface area (Å²) in [5, 5.41) is 17.9. The fourth-order valence-corrected chi connectivity index (χ4v) is 3.21. The normalized spacial score (nSPS) is 25.2. The van der Waals surface area contributed by atoms with Crippen LogP contribution in [0, 0.1) is 0 Å². The third kappa shape index (κ3) is 2.25. The first kappa shape index (κ1) is 12.6. The summed E-state index contributed by atoms with van der Waals surface area (Å²) in [6.45, 7) is 2.09. The summed E-state index contributed by atoms with van der Waals surface area (Å²) in [7, 11) is 2.12. The first-order valence-electron chi connectivity index (χ1n) is 7.02. The maximum atomic E-state index is 11.4. The highest BCUT2D eigenvalue weighted by molar-refractivity contribution is 5.72. The summed E-state index contributed by atoms with van der Waals surface area (Å²) in [6.07, 6.45) is 4.52. The molecule has 19 heavy (non-hydrogen) atoms. The Bertz CT molecular complexity index is 477. The predicted molar refractivity (Wildman–Crippen MR) is 69.1 cm³/mol. The molecule has 0 spiro atoms. The van der Waals surface area contributed by atoms with Crippen LogP contribution in [0.3, 0.4) is 0 Å². The van der Waals surface area contributed by atoms with Crippen LogP contribution in [-0.2, 0) is 11.2 Å². The minimum absolute atomic E-state index is 0.359. The van der Waals surface area contributed by atoms with Crippen LogP contribution in [-0.4, -0.2) is 50.9 Å². The third-order valence-electron chi connectivity index (χ3n) is 4.35. The van der Waals surface area contributed by atoms with Gasteiger partial charge >= 0.3 is 5.97 Å². The van der Waals surface area contributed by atoms with Gasteiger partial charge in [-0.1, -0.05) is 0 Å². The number of aryl methyl sites for hydroxylation is 1. The fourth-order valence-electron chi connectivity index (χ4n) is 3.21. The van der Waals surface area contributed by atoms with Crippen LogP contribution in [0.15, 0.2) is 0 Å². The smallest absolute Gasteiger partial charge is 0.326 e. The molecule has 0 radical (unpaired) electrons. The average Bonchev–Trinajstić information content (AvgIpc) is 2.83. The van der Waals surface area contributed by atoms with Crippen LogP contribution in [0.5, 0.6) is 0 Å². The van der Waals surface area contributed by atoms with Crippen LogP contribution in [0.25, 0.3) is 0 Å². The van der Waals surface area contributed by atoms with E-state index in [9.17, 15) is 9.90 Å². The van der Waals surface area contributed by atoms with E-state index < -0.39 is 12.0 Å². The van der Waals surface area contributed by atoms with Crippen molar-refractivity contribution in [2.24, 2.45) is 0 Å². The number of fused-ring (bicyclic) bond motifs is 1. The summed E-state index contributed by atoms with van der Waals surface area (Å²) in [5.74, 6) is 1.36. The molecular weight excluding hydrogens is 244 g/mol. The lowest BCUT2D eigenvalue weighted by Crippen LogP contribution is -2.32. The second-order valence-corrected chi connectivity index (χ2v) is 5.67. The Morgan fingerprint density at radius 1 is 1.26 bits per heavy atom. The van der Waals surface area contributed by atoms with E-state index in [1.165, 1.54) is 0 Å². The molecule has 0 aliphatic carbocycles. The number of hydrogen-bond donors (Lipinski definition) is 1. The quantitative estimate of drug-likeness (QED) is 0.864. The van der Waals surface area contributed by atoms with Gasteiger partial charge in [-0.25, -0.2) is 4.79 Å². The second-order valence-electron chi connectivity index (χ2n) is 5.67. The molecule has 2 aliphatic heterocycles. The molecule has 6 heteroatoms. The summed E-state index contributed by atoms with van der Waals surface area (Å²) in [6, 6.07) is -0.464. The van der Waals surface area contributed by atoms with Gasteiger partial charge in [-0.3, -0.25) is 0 Å². The molecule has 3 heterocycles. The number of carboxylic acids is 1. The molecule has 0 aromatic carbocycles. The highest BCUT2D eigenvalue weighted by Crippen LogP contribution is 2.32. The summed E-state index contributed by atoms with van der Waals surface area (Å²) >= 11 is 0. The largest absolute Gasteiger partial charge is 0.480 e. The predicted octanol–water partition coefficient (Wildman–Crippen LogP) is 1.05. The fraction of sp³-hybridized carbons (Fsp3) is 0.769. The van der Waals surface area contributed by atoms with Gasteiger partial charge in [0.05, 0.1) is 0 Å². The lowest BCUT2D eigenvalue weighted by Gasteiger charge is -2.30. The maximum Gasteiger partial charge on any atom is 0.326 e. The van der Waals surface area contributed by atoms with Gasteiger partial charge in [0.2, 0.25) is 0 Å². The van der Waals surface area contributed by atoms with Crippen LogP contribution >= 0.6 is 0 Å². The molecule has 1 saturated heterocycles. The number of aromatic nitrogens is 3. The molecular formula is C13H20N4O2. The van der Waals surface area contributed by atoms with E-state index in [4.69, 9.17) is 0 Å². The van der Waals surface area contributed by atoms with E-state index in [1.807, 2.05) is 4.57 Å². The van der Waals surface area contributed by atoms with Crippen LogP contribution in [0.4, 0.5) is 0 Å². The summed E-state index contributed by atoms with van der Waals surface area (Å²) in [4.78, 5) is 13.7. The van der Waals surface area contributed by atoms with E-state index in [-0.39, 0.29) is 0 Å². The molecule has 2 aliphatic rings. The first-order valence-corrected chi connectivity index (χ1v) is 7.02. The van der Waals surface area contributed by atoms with Crippen molar-refractivity contribution in [3.05, 3.63) is 11.6 Å². The van der Waals surface area contributed by atoms with Gasteiger partial charge < -0.3 is 14.6 Å². The second kappa shape index (κ2) is 4.92. The Balaban J connectivity index is 1.91. The monoisotopic (exact) mass is 264 g/mol. The van der Waals surface area contributed by atoms with Gasteiger partial charge in [0.25, 0.3) is 0 Å². The number of carbonyl (C=O) groups is 1. The molecule has 0 amide bonds. The SMILES string of the molecule is CN1CCC(c2nnc3n2C(C(=O)O)CCC3)CC1. The molecule has 1 unspecified atom stereocenters. The number of carboxylic acid groups (broad SMARTS) is 1. The average molecular weight is 264 g/mol. The van der Waals surface area contributed by atoms with Crippen LogP contribution in [0.2, 0.25) is 0 Å². The topological polar surface area (TPSA) is 71.2 Å². The van der Waals surface area contributed by atoms with Gasteiger partial charge in [0, 0.05) is 12.3 Å². The van der Waals surface area contributed by atoms with Crippen molar-refractivity contribution in [1.29, 1.82) is 0 Å². The Labute approximate surface area is 112 Å². The van der Waals surface area contributed by atoms with E-state index >= 15 is 0 Å². The van der Waals surface area contributed by atoms with Gasteiger partial charge in [-0.2, -0.15) is 0 Å². The molecule has 3 rings (SSSR count). The number of piperidine rings is 1. The summed E-state index contributed by atoms with van der Waals surface area (Å²) in [5.41, 5.74) is 0. The molecule has 1 atom stereocenters. The van der Waals surface area contributed by atoms with Crippen molar-refractivity contribution in [2.45, 2.75) is 44.1 Å². The van der Waals surface area contributed by atoms with Crippen molar-refractivity contribution < 1.29 is 9.90 Å². The standard InChI is InChI=1S/C13H20N4O2/c1-16-7-5-9(6-8-16)12-15-14-11-4-2-3-10(13(18)19)17(11)12/h9-10H,2-8H2,1H3,(H,18,19). The number of nitrogens with zero attached hydrogens (tertiary/aromatic N) is 4. The van der Waals surface area contributed by atoms with Crippen LogP contribution < -0.4 is 0 Å². The minimum atomic E-state index is -0.755. The van der Waals surface area contributed by atoms with Crippen molar-refractivity contribution >= 4 is 5.97 Å². The van der Waals surface area contributed by atoms with E-state index in [2.05, 4.69) is 22.1 Å². The van der Waals surface area contributed by atoms with Gasteiger partial charge in [0.15, 0.2) is 0 Å². The molecule has 1 N–H and O–H groups in total. The molecule has 104 valence electrons. The van der Waals surface area contributed by atoms with Crippen molar-refractivity contribution in [3.63, 3.8) is 0 Å². The molecule has 1 aromatic heterocycles. The summed E-state index contributed by atoms with van der Waals surface area (Å²) < 4.78 is 1.90. The van der Waals surface area contributed by atoms with Gasteiger partial charge in [0.1, 0.15) is 17.7 Å². The number of likely N-dealkylation sites (tertiary alicyclic amines) is 1. The Morgan fingerprint density at radius 2 is 2.00 bits per heavy atom. The number of rotatable bonds is 2.